The van der Waals surface area contributed by atoms with Crippen molar-refractivity contribution in [3.05, 3.63) is 92.6 Å². The van der Waals surface area contributed by atoms with E-state index in [4.69, 9.17) is 39.5 Å². The van der Waals surface area contributed by atoms with Crippen molar-refractivity contribution < 1.29 is 22.7 Å². The van der Waals surface area contributed by atoms with E-state index in [0.29, 0.717) is 27.4 Å². The summed E-state index contributed by atoms with van der Waals surface area (Å²) in [5.74, 6) is -0.237. The Bertz CT molecular complexity index is 1090. The van der Waals surface area contributed by atoms with Crippen LogP contribution in [-0.4, -0.2) is 10.8 Å². The average molecular weight is 473 g/mol. The van der Waals surface area contributed by atoms with Gasteiger partial charge in [-0.25, -0.2) is 4.98 Å². The lowest BCUT2D eigenvalue weighted by molar-refractivity contribution is -0.137. The van der Waals surface area contributed by atoms with Crippen LogP contribution in [0.15, 0.2) is 60.8 Å². The van der Waals surface area contributed by atoms with Crippen LogP contribution in [0.1, 0.15) is 21.5 Å². The monoisotopic (exact) mass is 471 g/mol. The molecule has 9 heteroatoms. The second kappa shape index (κ2) is 9.08. The molecule has 0 unspecified atom stereocenters. The van der Waals surface area contributed by atoms with Crippen molar-refractivity contribution in [3.63, 3.8) is 0 Å². The van der Waals surface area contributed by atoms with E-state index in [1.54, 1.807) is 18.2 Å². The number of hydrogen-bond acceptors (Lipinski definition) is 3. The fourth-order valence-electron chi connectivity index (χ4n) is 2.38. The molecule has 0 aliphatic rings. The molecule has 0 radical (unpaired) electrons. The number of aromatic nitrogens is 1. The highest BCUT2D eigenvalue weighted by Gasteiger charge is 2.31. The van der Waals surface area contributed by atoms with Crippen LogP contribution in [0.5, 0.6) is 11.6 Å². The van der Waals surface area contributed by atoms with E-state index in [2.05, 4.69) is 4.98 Å². The van der Waals surface area contributed by atoms with Crippen molar-refractivity contribution in [1.29, 1.82) is 0 Å². The van der Waals surface area contributed by atoms with E-state index in [0.717, 1.165) is 6.07 Å². The van der Waals surface area contributed by atoms with Crippen LogP contribution in [0.4, 0.5) is 13.2 Å². The Morgan fingerprint density at radius 1 is 0.967 bits per heavy atom. The predicted molar refractivity (Wildman–Crippen MR) is 111 cm³/mol. The number of rotatable bonds is 5. The van der Waals surface area contributed by atoms with E-state index in [9.17, 15) is 18.0 Å². The van der Waals surface area contributed by atoms with Gasteiger partial charge in [-0.3, -0.25) is 4.79 Å². The first kappa shape index (κ1) is 22.2. The molecule has 0 spiro atoms. The van der Waals surface area contributed by atoms with Crippen molar-refractivity contribution >= 4 is 46.7 Å². The Hall–Kier alpha value is -2.54. The summed E-state index contributed by atoms with van der Waals surface area (Å²) >= 11 is 17.9. The van der Waals surface area contributed by atoms with Crippen LogP contribution >= 0.6 is 34.8 Å². The Kier molecular flexibility index (Phi) is 6.71. The molecule has 0 aliphatic heterocycles. The first-order chi connectivity index (χ1) is 14.1. The van der Waals surface area contributed by atoms with Gasteiger partial charge in [0.2, 0.25) is 5.88 Å². The smallest absolute Gasteiger partial charge is 0.417 e. The molecule has 3 aromatic rings. The summed E-state index contributed by atoms with van der Waals surface area (Å²) in [5, 5.41) is 0.539. The summed E-state index contributed by atoms with van der Waals surface area (Å²) < 4.78 is 43.4. The maximum absolute atomic E-state index is 12.7. The third-order valence-corrected chi connectivity index (χ3v) is 4.82. The molecule has 2 aromatic carbocycles. The molecule has 0 saturated carbocycles. The number of allylic oxidation sites excluding steroid dienone is 1. The molecule has 3 rings (SSSR count). The van der Waals surface area contributed by atoms with Crippen LogP contribution in [0.25, 0.3) is 6.08 Å². The van der Waals surface area contributed by atoms with Crippen LogP contribution in [-0.2, 0) is 6.18 Å². The van der Waals surface area contributed by atoms with Crippen molar-refractivity contribution in [2.75, 3.05) is 0 Å². The Balaban J connectivity index is 1.72. The number of ether oxygens (including phenoxy) is 1. The lowest BCUT2D eigenvalue weighted by atomic mass is 10.1. The van der Waals surface area contributed by atoms with Gasteiger partial charge in [0.25, 0.3) is 0 Å². The van der Waals surface area contributed by atoms with Gasteiger partial charge in [-0.1, -0.05) is 40.9 Å². The molecule has 1 aromatic heterocycles. The molecule has 154 valence electrons. The van der Waals surface area contributed by atoms with Gasteiger partial charge in [0.05, 0.1) is 5.56 Å². The predicted octanol–water partition coefficient (Wildman–Crippen LogP) is 7.75. The topological polar surface area (TPSA) is 39.2 Å². The number of pyridine rings is 1. The van der Waals surface area contributed by atoms with Gasteiger partial charge in [0.15, 0.2) is 5.78 Å². The second-order valence-electron chi connectivity index (χ2n) is 5.97. The maximum atomic E-state index is 12.7. The Morgan fingerprint density at radius 3 is 2.17 bits per heavy atom. The third-order valence-electron chi connectivity index (χ3n) is 3.89. The summed E-state index contributed by atoms with van der Waals surface area (Å²) in [7, 11) is 0. The van der Waals surface area contributed by atoms with Gasteiger partial charge in [-0.2, -0.15) is 13.2 Å². The van der Waals surface area contributed by atoms with Crippen molar-refractivity contribution in [1.82, 2.24) is 4.98 Å². The minimum Gasteiger partial charge on any atom is -0.438 e. The largest absolute Gasteiger partial charge is 0.438 e. The maximum Gasteiger partial charge on any atom is 0.417 e. The quantitative estimate of drug-likeness (QED) is 0.281. The highest BCUT2D eigenvalue weighted by atomic mass is 35.5. The van der Waals surface area contributed by atoms with E-state index in [-0.39, 0.29) is 22.4 Å². The van der Waals surface area contributed by atoms with Crippen LogP contribution in [0, 0.1) is 0 Å². The van der Waals surface area contributed by atoms with Crippen molar-refractivity contribution in [3.8, 4) is 11.6 Å². The molecule has 0 bridgehead atoms. The molecule has 0 N–H and O–H groups in total. The van der Waals surface area contributed by atoms with Crippen LogP contribution < -0.4 is 4.74 Å². The third kappa shape index (κ3) is 5.33. The molecule has 0 aliphatic carbocycles. The zero-order chi connectivity index (χ0) is 21.9. The number of halogens is 6. The highest BCUT2D eigenvalue weighted by molar-refractivity contribution is 6.37. The summed E-state index contributed by atoms with van der Waals surface area (Å²) in [6.07, 6.45) is -1.08. The number of carbonyl (C=O) groups is 1. The number of nitrogens with zero attached hydrogens (tertiary/aromatic N) is 1. The number of carbonyl (C=O) groups excluding carboxylic acids is 1. The fourth-order valence-corrected chi connectivity index (χ4v) is 3.11. The van der Waals surface area contributed by atoms with Crippen molar-refractivity contribution in [2.24, 2.45) is 0 Å². The van der Waals surface area contributed by atoms with Gasteiger partial charge in [-0.05, 0) is 54.6 Å². The molecule has 0 saturated heterocycles. The van der Waals surface area contributed by atoms with E-state index in [1.807, 2.05) is 0 Å². The van der Waals surface area contributed by atoms with E-state index < -0.39 is 11.7 Å². The van der Waals surface area contributed by atoms with Gasteiger partial charge in [0.1, 0.15) is 10.8 Å². The number of ketones is 1. The number of benzene rings is 2. The molecule has 0 fully saturated rings. The molecule has 0 amide bonds. The zero-order valence-corrected chi connectivity index (χ0v) is 17.2. The SMILES string of the molecule is O=C(/C=C/c1c(Cl)cccc1Cl)c1ccc(Oc2ncc(C(F)(F)F)cc2Cl)cc1. The van der Waals surface area contributed by atoms with Crippen molar-refractivity contribution in [2.45, 2.75) is 6.18 Å². The zero-order valence-electron chi connectivity index (χ0n) is 14.9. The summed E-state index contributed by atoms with van der Waals surface area (Å²) in [6, 6.07) is 11.7. The van der Waals surface area contributed by atoms with E-state index in [1.165, 1.54) is 36.4 Å². The minimum absolute atomic E-state index is 0.183. The molecule has 30 heavy (non-hydrogen) atoms. The highest BCUT2D eigenvalue weighted by Crippen LogP contribution is 2.34. The number of alkyl halides is 3. The van der Waals surface area contributed by atoms with Crippen LogP contribution in [0.3, 0.4) is 0 Å². The Morgan fingerprint density at radius 2 is 1.60 bits per heavy atom. The first-order valence-electron chi connectivity index (χ1n) is 8.32. The molecule has 3 nitrogen and oxygen atoms in total. The average Bonchev–Trinajstić information content (AvgIpc) is 2.68. The number of hydrogen-bond donors (Lipinski definition) is 0. The molecular weight excluding hydrogens is 462 g/mol. The first-order valence-corrected chi connectivity index (χ1v) is 9.45. The molecule has 0 atom stereocenters. The van der Waals surface area contributed by atoms with Gasteiger partial charge < -0.3 is 4.74 Å². The van der Waals surface area contributed by atoms with E-state index >= 15 is 0 Å². The lowest BCUT2D eigenvalue weighted by Gasteiger charge is -2.10. The van der Waals surface area contributed by atoms with Gasteiger partial charge in [0, 0.05) is 27.4 Å². The second-order valence-corrected chi connectivity index (χ2v) is 7.19. The normalized spacial score (nSPS) is 11.7. The molecule has 1 heterocycles. The van der Waals surface area contributed by atoms with Crippen LogP contribution in [0.2, 0.25) is 15.1 Å². The fraction of sp³-hybridized carbons (Fsp3) is 0.0476. The minimum atomic E-state index is -4.56. The summed E-state index contributed by atoms with van der Waals surface area (Å²) in [4.78, 5) is 15.9. The Labute approximate surface area is 184 Å². The van der Waals surface area contributed by atoms with Gasteiger partial charge in [-0.15, -0.1) is 0 Å². The summed E-state index contributed by atoms with van der Waals surface area (Å²) in [6.45, 7) is 0. The van der Waals surface area contributed by atoms with Gasteiger partial charge >= 0.3 is 6.18 Å². The standard InChI is InChI=1S/C21H11Cl3F3NO2/c22-16-2-1-3-17(23)15(16)8-9-19(29)12-4-6-14(7-5-12)30-20-18(24)10-13(11-28-20)21(25,26)27/h1-11H/b9-8+. The molecular formula is C21H11Cl3F3NO2. The summed E-state index contributed by atoms with van der Waals surface area (Å²) in [5.41, 5.74) is -0.100. The lowest BCUT2D eigenvalue weighted by Crippen LogP contribution is -2.05.